The highest BCUT2D eigenvalue weighted by molar-refractivity contribution is 6.12. The monoisotopic (exact) mass is 379 g/mol. The van der Waals surface area contributed by atoms with Gasteiger partial charge >= 0.3 is 0 Å². The number of nitrogens with one attached hydrogen (secondary N) is 1. The first-order valence-corrected chi connectivity index (χ1v) is 8.46. The van der Waals surface area contributed by atoms with Gasteiger partial charge in [-0.3, -0.25) is 4.79 Å². The number of methoxy groups -OCH3 is 1. The number of ether oxygens (including phenoxy) is 1. The lowest BCUT2D eigenvalue weighted by atomic mass is 10.1. The van der Waals surface area contributed by atoms with Gasteiger partial charge < -0.3 is 14.6 Å². The van der Waals surface area contributed by atoms with E-state index < -0.39 is 0 Å². The maximum Gasteiger partial charge on any atom is 0.258 e. The van der Waals surface area contributed by atoms with Crippen LogP contribution in [-0.2, 0) is 0 Å². The summed E-state index contributed by atoms with van der Waals surface area (Å²) in [4.78, 5) is 17.2. The van der Waals surface area contributed by atoms with Crippen molar-refractivity contribution in [1.29, 1.82) is 0 Å². The molecule has 142 valence electrons. The maximum absolute atomic E-state index is 13.0. The average Bonchev–Trinajstić information content (AvgIpc) is 3.26. The van der Waals surface area contributed by atoms with Crippen LogP contribution in [-0.4, -0.2) is 43.4 Å². The quantitative estimate of drug-likeness (QED) is 0.574. The van der Waals surface area contributed by atoms with E-state index in [0.29, 0.717) is 51.0 Å². The van der Waals surface area contributed by atoms with Gasteiger partial charge in [0, 0.05) is 11.4 Å². The molecule has 0 saturated heterocycles. The number of amides is 1. The van der Waals surface area contributed by atoms with Crippen LogP contribution >= 0.6 is 0 Å². The van der Waals surface area contributed by atoms with Crippen LogP contribution in [0, 0.1) is 20.8 Å². The Hall–Kier alpha value is -3.82. The minimum atomic E-state index is -0.300. The Bertz CT molecular complexity index is 1200. The minimum absolute atomic E-state index is 0.300. The smallest absolute Gasteiger partial charge is 0.258 e. The molecule has 0 atom stereocenters. The number of carbonyl (C=O) groups is 1. The molecule has 28 heavy (non-hydrogen) atoms. The first-order chi connectivity index (χ1) is 13.5. The summed E-state index contributed by atoms with van der Waals surface area (Å²) in [5.74, 6) is 0.866. The van der Waals surface area contributed by atoms with Crippen molar-refractivity contribution in [3.63, 3.8) is 0 Å². The maximum atomic E-state index is 13.0. The van der Waals surface area contributed by atoms with Gasteiger partial charge in [0.05, 0.1) is 23.8 Å². The molecule has 4 rings (SSSR count). The van der Waals surface area contributed by atoms with Crippen molar-refractivity contribution in [3.05, 3.63) is 47.0 Å². The molecule has 3 heterocycles. The molecule has 0 aliphatic rings. The molecule has 3 aromatic heterocycles. The van der Waals surface area contributed by atoms with Crippen LogP contribution in [0.1, 0.15) is 27.6 Å². The molecule has 0 aliphatic heterocycles. The van der Waals surface area contributed by atoms with Crippen LogP contribution in [0.4, 0.5) is 5.69 Å². The van der Waals surface area contributed by atoms with Crippen molar-refractivity contribution in [2.24, 2.45) is 0 Å². The molecule has 1 aromatic carbocycles. The van der Waals surface area contributed by atoms with Crippen LogP contribution < -0.4 is 10.1 Å². The second-order valence-corrected chi connectivity index (χ2v) is 6.24. The van der Waals surface area contributed by atoms with E-state index in [1.54, 1.807) is 52.1 Å². The van der Waals surface area contributed by atoms with E-state index in [4.69, 9.17) is 9.26 Å². The van der Waals surface area contributed by atoms with Crippen molar-refractivity contribution in [3.8, 4) is 11.4 Å². The summed E-state index contributed by atoms with van der Waals surface area (Å²) in [6, 6.07) is 6.93. The molecule has 0 unspecified atom stereocenters. The Kier molecular flexibility index (Phi) is 4.22. The molecular formula is C18H17N7O3. The number of anilines is 1. The third-order valence-corrected chi connectivity index (χ3v) is 4.28. The SMILES string of the molecule is COc1ccc(NC(=O)c2cc(C)nc3onc(C)c23)cc1-n1nnnc1C. The summed E-state index contributed by atoms with van der Waals surface area (Å²) in [6.07, 6.45) is 0. The van der Waals surface area contributed by atoms with Gasteiger partial charge in [-0.1, -0.05) is 5.16 Å². The first-order valence-electron chi connectivity index (χ1n) is 8.46. The minimum Gasteiger partial charge on any atom is -0.494 e. The van der Waals surface area contributed by atoms with Crippen LogP contribution in [0.15, 0.2) is 28.8 Å². The lowest BCUT2D eigenvalue weighted by molar-refractivity contribution is 0.102. The van der Waals surface area contributed by atoms with E-state index in [1.807, 2.05) is 0 Å². The fraction of sp³-hybridized carbons (Fsp3) is 0.222. The highest BCUT2D eigenvalue weighted by Gasteiger charge is 2.19. The second-order valence-electron chi connectivity index (χ2n) is 6.24. The first kappa shape index (κ1) is 17.6. The third-order valence-electron chi connectivity index (χ3n) is 4.28. The van der Waals surface area contributed by atoms with E-state index in [-0.39, 0.29) is 5.91 Å². The number of carbonyl (C=O) groups excluding carboxylic acids is 1. The molecule has 10 nitrogen and oxygen atoms in total. The molecule has 4 aromatic rings. The standard InChI is InChI=1S/C18H17N7O3/c1-9-7-13(16-10(2)22-28-18(16)19-9)17(26)20-12-5-6-15(27-4)14(8-12)25-11(3)21-23-24-25/h5-8H,1-4H3,(H,20,26). The van der Waals surface area contributed by atoms with Crippen molar-refractivity contribution < 1.29 is 14.1 Å². The van der Waals surface area contributed by atoms with Gasteiger partial charge in [-0.2, -0.15) is 4.68 Å². The molecule has 0 spiro atoms. The summed E-state index contributed by atoms with van der Waals surface area (Å²) in [5, 5.41) is 18.9. The summed E-state index contributed by atoms with van der Waals surface area (Å²) >= 11 is 0. The molecule has 10 heteroatoms. The number of hydrogen-bond acceptors (Lipinski definition) is 8. The molecular weight excluding hydrogens is 362 g/mol. The van der Waals surface area contributed by atoms with Gasteiger partial charge in [-0.15, -0.1) is 5.10 Å². The number of pyridine rings is 1. The molecule has 0 fully saturated rings. The zero-order chi connectivity index (χ0) is 19.8. The van der Waals surface area contributed by atoms with Gasteiger partial charge in [0.2, 0.25) is 0 Å². The topological polar surface area (TPSA) is 121 Å². The number of fused-ring (bicyclic) bond motifs is 1. The Balaban J connectivity index is 1.73. The average molecular weight is 379 g/mol. The lowest BCUT2D eigenvalue weighted by Crippen LogP contribution is -2.14. The molecule has 0 bridgehead atoms. The van der Waals surface area contributed by atoms with Crippen LogP contribution in [0.5, 0.6) is 5.75 Å². The van der Waals surface area contributed by atoms with Crippen molar-refractivity contribution in [2.75, 3.05) is 12.4 Å². The zero-order valence-electron chi connectivity index (χ0n) is 15.7. The van der Waals surface area contributed by atoms with E-state index in [9.17, 15) is 4.79 Å². The Labute approximate surface area is 159 Å². The molecule has 1 amide bonds. The number of tetrazole rings is 1. The van der Waals surface area contributed by atoms with Crippen LogP contribution in [0.25, 0.3) is 16.8 Å². The third kappa shape index (κ3) is 2.94. The molecule has 0 saturated carbocycles. The van der Waals surface area contributed by atoms with E-state index in [0.717, 1.165) is 0 Å². The number of hydrogen-bond donors (Lipinski definition) is 1. The van der Waals surface area contributed by atoms with Crippen LogP contribution in [0.3, 0.4) is 0 Å². The van der Waals surface area contributed by atoms with Crippen molar-refractivity contribution in [2.45, 2.75) is 20.8 Å². The summed E-state index contributed by atoms with van der Waals surface area (Å²) in [6.45, 7) is 5.33. The fourth-order valence-corrected chi connectivity index (χ4v) is 2.98. The number of nitrogens with zero attached hydrogens (tertiary/aromatic N) is 6. The largest absolute Gasteiger partial charge is 0.494 e. The van der Waals surface area contributed by atoms with E-state index >= 15 is 0 Å². The number of benzene rings is 1. The second kappa shape index (κ2) is 6.72. The predicted molar refractivity (Wildman–Crippen MR) is 99.7 cm³/mol. The summed E-state index contributed by atoms with van der Waals surface area (Å²) in [7, 11) is 1.56. The van der Waals surface area contributed by atoms with Gasteiger partial charge in [0.1, 0.15) is 11.4 Å². The van der Waals surface area contributed by atoms with Gasteiger partial charge in [-0.05, 0) is 55.5 Å². The lowest BCUT2D eigenvalue weighted by Gasteiger charge is -2.12. The van der Waals surface area contributed by atoms with E-state index in [1.165, 1.54) is 4.68 Å². The highest BCUT2D eigenvalue weighted by Crippen LogP contribution is 2.28. The number of aromatic nitrogens is 6. The van der Waals surface area contributed by atoms with Gasteiger partial charge in [0.25, 0.3) is 11.6 Å². The summed E-state index contributed by atoms with van der Waals surface area (Å²) in [5.41, 5.74) is 3.22. The van der Waals surface area contributed by atoms with Crippen molar-refractivity contribution >= 4 is 22.7 Å². The Morgan fingerprint density at radius 2 is 2.04 bits per heavy atom. The Morgan fingerprint density at radius 3 is 2.75 bits per heavy atom. The number of rotatable bonds is 4. The summed E-state index contributed by atoms with van der Waals surface area (Å²) < 4.78 is 12.1. The predicted octanol–water partition coefficient (Wildman–Crippen LogP) is 2.38. The Morgan fingerprint density at radius 1 is 1.21 bits per heavy atom. The zero-order valence-corrected chi connectivity index (χ0v) is 15.7. The van der Waals surface area contributed by atoms with E-state index in [2.05, 4.69) is 31.0 Å². The fourth-order valence-electron chi connectivity index (χ4n) is 2.98. The molecule has 0 aliphatic carbocycles. The van der Waals surface area contributed by atoms with Crippen molar-refractivity contribution in [1.82, 2.24) is 30.3 Å². The molecule has 1 N–H and O–H groups in total. The van der Waals surface area contributed by atoms with Gasteiger partial charge in [-0.25, -0.2) is 4.98 Å². The highest BCUT2D eigenvalue weighted by atomic mass is 16.5. The molecule has 0 radical (unpaired) electrons. The van der Waals surface area contributed by atoms with Gasteiger partial charge in [0.15, 0.2) is 5.82 Å². The van der Waals surface area contributed by atoms with Crippen LogP contribution in [0.2, 0.25) is 0 Å². The number of aryl methyl sites for hydroxylation is 3. The normalized spacial score (nSPS) is 11.0.